The lowest BCUT2D eigenvalue weighted by atomic mass is 10.1. The molecule has 0 radical (unpaired) electrons. The van der Waals surface area contributed by atoms with Crippen molar-refractivity contribution in [3.63, 3.8) is 0 Å². The topological polar surface area (TPSA) is 95.6 Å². The fourth-order valence-electron chi connectivity index (χ4n) is 2.74. The van der Waals surface area contributed by atoms with Crippen LogP contribution in [-0.4, -0.2) is 33.8 Å². The fraction of sp³-hybridized carbons (Fsp3) is 0.333. The van der Waals surface area contributed by atoms with Crippen LogP contribution in [0.2, 0.25) is 0 Å². The summed E-state index contributed by atoms with van der Waals surface area (Å²) in [6, 6.07) is 6.67. The molecule has 2 aromatic heterocycles. The molecule has 0 aliphatic carbocycles. The molecular weight excluding hydrogens is 397 g/mol. The Balaban J connectivity index is 1.57. The van der Waals surface area contributed by atoms with Gasteiger partial charge in [0, 0.05) is 23.4 Å². The first-order valence-corrected chi connectivity index (χ1v) is 9.21. The van der Waals surface area contributed by atoms with E-state index in [0.717, 1.165) is 5.56 Å². The van der Waals surface area contributed by atoms with Crippen LogP contribution in [0.15, 0.2) is 34.1 Å². The van der Waals surface area contributed by atoms with Crippen molar-refractivity contribution in [2.24, 2.45) is 0 Å². The Hall–Kier alpha value is -2.43. The maximum atomic E-state index is 12.6. The number of rotatable bonds is 7. The van der Waals surface area contributed by atoms with Crippen LogP contribution < -0.4 is 5.32 Å². The summed E-state index contributed by atoms with van der Waals surface area (Å²) in [6.07, 6.45) is -5.10. The molecule has 0 fully saturated rings. The average Bonchev–Trinajstić information content (AvgIpc) is 3.26. The Kier molecular flexibility index (Phi) is 5.73. The van der Waals surface area contributed by atoms with Crippen LogP contribution >= 0.6 is 11.3 Å². The minimum absolute atomic E-state index is 0.0157. The van der Waals surface area contributed by atoms with Crippen LogP contribution in [0.25, 0.3) is 11.0 Å². The molecule has 3 rings (SSSR count). The van der Waals surface area contributed by atoms with E-state index >= 15 is 0 Å². The van der Waals surface area contributed by atoms with E-state index in [4.69, 9.17) is 9.52 Å². The molecule has 0 spiro atoms. The number of aliphatic hydroxyl groups is 1. The molecule has 0 amide bonds. The highest BCUT2D eigenvalue weighted by Crippen LogP contribution is 2.32. The molecule has 1 aromatic carbocycles. The first-order chi connectivity index (χ1) is 13.1. The van der Waals surface area contributed by atoms with E-state index < -0.39 is 23.3 Å². The number of alkyl halides is 3. The number of furan rings is 1. The summed E-state index contributed by atoms with van der Waals surface area (Å²) < 4.78 is 43.0. The molecule has 3 N–H and O–H groups in total. The monoisotopic (exact) mass is 414 g/mol. The van der Waals surface area contributed by atoms with Crippen LogP contribution in [-0.2, 0) is 12.6 Å². The molecule has 10 heteroatoms. The number of thiazole rings is 1. The van der Waals surface area contributed by atoms with Gasteiger partial charge in [-0.3, -0.25) is 0 Å². The molecule has 0 saturated heterocycles. The maximum absolute atomic E-state index is 12.6. The quantitative estimate of drug-likeness (QED) is 0.543. The van der Waals surface area contributed by atoms with Gasteiger partial charge in [-0.1, -0.05) is 6.07 Å². The number of aromatic nitrogens is 1. The molecule has 2 unspecified atom stereocenters. The lowest BCUT2D eigenvalue weighted by Crippen LogP contribution is -2.32. The van der Waals surface area contributed by atoms with Crippen molar-refractivity contribution in [3.05, 3.63) is 51.7 Å². The molecule has 150 valence electrons. The number of carboxylic acids is 1. The Morgan fingerprint density at radius 2 is 2.11 bits per heavy atom. The highest BCUT2D eigenvalue weighted by molar-refractivity contribution is 7.09. The van der Waals surface area contributed by atoms with Crippen molar-refractivity contribution in [1.29, 1.82) is 0 Å². The van der Waals surface area contributed by atoms with Gasteiger partial charge in [0.1, 0.15) is 11.7 Å². The normalized spacial score (nSPS) is 14.3. The number of carboxylic acid groups (broad SMARTS) is 1. The molecule has 0 aliphatic heterocycles. The first-order valence-electron chi connectivity index (χ1n) is 8.33. The van der Waals surface area contributed by atoms with Gasteiger partial charge in [0.25, 0.3) is 0 Å². The Morgan fingerprint density at radius 1 is 1.36 bits per heavy atom. The van der Waals surface area contributed by atoms with Crippen molar-refractivity contribution in [3.8, 4) is 0 Å². The lowest BCUT2D eigenvalue weighted by molar-refractivity contribution is -0.137. The third-order valence-electron chi connectivity index (χ3n) is 4.10. The van der Waals surface area contributed by atoms with Gasteiger partial charge in [0.05, 0.1) is 5.69 Å². The van der Waals surface area contributed by atoms with Gasteiger partial charge in [-0.05, 0) is 37.1 Å². The summed E-state index contributed by atoms with van der Waals surface area (Å²) in [4.78, 5) is 14.4. The van der Waals surface area contributed by atoms with Gasteiger partial charge in [-0.2, -0.15) is 13.2 Å². The summed E-state index contributed by atoms with van der Waals surface area (Å²) in [7, 11) is 0. The van der Waals surface area contributed by atoms with Gasteiger partial charge in [0.15, 0.2) is 5.01 Å². The number of aromatic carboxylic acids is 1. The van der Waals surface area contributed by atoms with Gasteiger partial charge in [-0.15, -0.1) is 11.3 Å². The maximum Gasteiger partial charge on any atom is 0.443 e. The minimum Gasteiger partial charge on any atom is -0.475 e. The molecule has 2 atom stereocenters. The van der Waals surface area contributed by atoms with E-state index in [2.05, 4.69) is 10.3 Å². The number of carbonyl (C=O) groups is 1. The number of aliphatic hydroxyl groups excluding tert-OH is 1. The molecule has 2 heterocycles. The second-order valence-electron chi connectivity index (χ2n) is 6.39. The first kappa shape index (κ1) is 20.3. The third kappa shape index (κ3) is 4.70. The Morgan fingerprint density at radius 3 is 2.75 bits per heavy atom. The molecular formula is C18H17F3N2O4S. The molecule has 28 heavy (non-hydrogen) atoms. The van der Waals surface area contributed by atoms with E-state index in [1.165, 1.54) is 11.4 Å². The van der Waals surface area contributed by atoms with E-state index in [0.29, 0.717) is 28.7 Å². The zero-order valence-electron chi connectivity index (χ0n) is 14.7. The summed E-state index contributed by atoms with van der Waals surface area (Å²) >= 11 is 0.452. The van der Waals surface area contributed by atoms with Crippen LogP contribution in [0, 0.1) is 0 Å². The van der Waals surface area contributed by atoms with Crippen molar-refractivity contribution < 1.29 is 32.6 Å². The summed E-state index contributed by atoms with van der Waals surface area (Å²) in [5.41, 5.74) is 1.38. The molecule has 0 saturated carbocycles. The third-order valence-corrected chi connectivity index (χ3v) is 5.00. The Bertz CT molecular complexity index is 983. The second kappa shape index (κ2) is 7.90. The smallest absolute Gasteiger partial charge is 0.443 e. The van der Waals surface area contributed by atoms with Crippen LogP contribution in [0.4, 0.5) is 13.2 Å². The van der Waals surface area contributed by atoms with E-state index in [-0.39, 0.29) is 24.0 Å². The van der Waals surface area contributed by atoms with Crippen molar-refractivity contribution >= 4 is 28.3 Å². The number of halogens is 3. The second-order valence-corrected chi connectivity index (χ2v) is 7.25. The summed E-state index contributed by atoms with van der Waals surface area (Å²) in [5.74, 6) is -1.28. The standard InChI is InChI=1S/C18H17F3N2O4S/c1-9(22-7-13(24)12-8-28-17(23-12)18(19,20)21)4-10-2-3-14-11(5-10)6-15(27-14)16(25)26/h2-3,5-6,8-9,13,22,24H,4,7H2,1H3,(H,25,26). The van der Waals surface area contributed by atoms with E-state index in [1.807, 2.05) is 19.1 Å². The predicted molar refractivity (Wildman–Crippen MR) is 96.4 cm³/mol. The van der Waals surface area contributed by atoms with Crippen LogP contribution in [0.5, 0.6) is 0 Å². The molecule has 6 nitrogen and oxygen atoms in total. The molecule has 3 aromatic rings. The number of hydrogen-bond donors (Lipinski definition) is 3. The van der Waals surface area contributed by atoms with Crippen molar-refractivity contribution in [2.75, 3.05) is 6.54 Å². The minimum atomic E-state index is -4.52. The number of hydrogen-bond acceptors (Lipinski definition) is 6. The van der Waals surface area contributed by atoms with E-state index in [1.54, 1.807) is 6.07 Å². The Labute approximate surface area is 161 Å². The zero-order valence-corrected chi connectivity index (χ0v) is 15.5. The van der Waals surface area contributed by atoms with Crippen LogP contribution in [0.1, 0.15) is 39.8 Å². The van der Waals surface area contributed by atoms with Crippen molar-refractivity contribution in [1.82, 2.24) is 10.3 Å². The zero-order chi connectivity index (χ0) is 20.5. The van der Waals surface area contributed by atoms with E-state index in [9.17, 15) is 23.1 Å². The number of nitrogens with zero attached hydrogens (tertiary/aromatic N) is 1. The largest absolute Gasteiger partial charge is 0.475 e. The number of fused-ring (bicyclic) bond motifs is 1. The molecule has 0 bridgehead atoms. The van der Waals surface area contributed by atoms with Gasteiger partial charge in [-0.25, -0.2) is 9.78 Å². The van der Waals surface area contributed by atoms with Gasteiger partial charge >= 0.3 is 12.1 Å². The van der Waals surface area contributed by atoms with Gasteiger partial charge in [0.2, 0.25) is 5.76 Å². The summed E-state index contributed by atoms with van der Waals surface area (Å²) in [6.45, 7) is 1.93. The highest BCUT2D eigenvalue weighted by atomic mass is 32.1. The fourth-order valence-corrected chi connectivity index (χ4v) is 3.47. The highest BCUT2D eigenvalue weighted by Gasteiger charge is 2.35. The molecule has 0 aliphatic rings. The number of benzene rings is 1. The van der Waals surface area contributed by atoms with Crippen LogP contribution in [0.3, 0.4) is 0 Å². The predicted octanol–water partition coefficient (Wildman–Crippen LogP) is 3.86. The summed E-state index contributed by atoms with van der Waals surface area (Å²) in [5, 5.41) is 23.0. The number of nitrogens with one attached hydrogen (secondary N) is 1. The van der Waals surface area contributed by atoms with Crippen molar-refractivity contribution in [2.45, 2.75) is 31.7 Å². The van der Waals surface area contributed by atoms with Gasteiger partial charge < -0.3 is 19.9 Å². The SMILES string of the molecule is CC(Cc1ccc2oc(C(=O)O)cc2c1)NCC(O)c1csc(C(F)(F)F)n1. The average molecular weight is 414 g/mol. The lowest BCUT2D eigenvalue weighted by Gasteiger charge is -2.16.